The van der Waals surface area contributed by atoms with E-state index in [-0.39, 0.29) is 18.4 Å². The summed E-state index contributed by atoms with van der Waals surface area (Å²) < 4.78 is 5.75. The zero-order chi connectivity index (χ0) is 20.6. The van der Waals surface area contributed by atoms with Crippen LogP contribution in [0.25, 0.3) is 0 Å². The summed E-state index contributed by atoms with van der Waals surface area (Å²) in [6.45, 7) is 4.18. The predicted octanol–water partition coefficient (Wildman–Crippen LogP) is 4.25. The van der Waals surface area contributed by atoms with E-state index in [1.54, 1.807) is 24.3 Å². The van der Waals surface area contributed by atoms with E-state index in [0.29, 0.717) is 17.9 Å². The number of carbonyl (C=O) groups excluding carboxylic acids is 2. The highest BCUT2D eigenvalue weighted by molar-refractivity contribution is 6.00. The van der Waals surface area contributed by atoms with Gasteiger partial charge in [0.25, 0.3) is 5.91 Å². The molecule has 0 fully saturated rings. The van der Waals surface area contributed by atoms with Crippen LogP contribution in [0.2, 0.25) is 0 Å². The number of aryl methyl sites for hydroxylation is 2. The molecule has 3 aromatic rings. The third-order valence-corrected chi connectivity index (χ3v) is 4.50. The molecule has 5 nitrogen and oxygen atoms in total. The molecule has 0 heterocycles. The lowest BCUT2D eigenvalue weighted by Crippen LogP contribution is -2.33. The minimum Gasteiger partial charge on any atom is -0.489 e. The van der Waals surface area contributed by atoms with Crippen LogP contribution >= 0.6 is 0 Å². The van der Waals surface area contributed by atoms with Crippen LogP contribution in [0.5, 0.6) is 5.75 Å². The van der Waals surface area contributed by atoms with Gasteiger partial charge in [-0.05, 0) is 48.7 Å². The van der Waals surface area contributed by atoms with Gasteiger partial charge in [-0.3, -0.25) is 9.59 Å². The number of hydrogen-bond acceptors (Lipinski definition) is 3. The molecule has 0 aromatic heterocycles. The second-order valence-corrected chi connectivity index (χ2v) is 6.80. The molecule has 0 saturated carbocycles. The molecule has 0 bridgehead atoms. The first-order valence-electron chi connectivity index (χ1n) is 9.44. The molecule has 3 rings (SSSR count). The van der Waals surface area contributed by atoms with Crippen LogP contribution in [0.4, 0.5) is 5.69 Å². The van der Waals surface area contributed by atoms with Crippen molar-refractivity contribution in [3.63, 3.8) is 0 Å². The molecule has 0 unspecified atom stereocenters. The SMILES string of the molecule is Cc1cccc(C)c1NC(=O)CNC(=O)c1cccc(OCc2ccccc2)c1. The number of nitrogens with one attached hydrogen (secondary N) is 2. The van der Waals surface area contributed by atoms with Gasteiger partial charge in [-0.25, -0.2) is 0 Å². The molecule has 2 amide bonds. The lowest BCUT2D eigenvalue weighted by molar-refractivity contribution is -0.115. The zero-order valence-electron chi connectivity index (χ0n) is 16.6. The molecule has 3 aromatic carbocycles. The fraction of sp³-hybridized carbons (Fsp3) is 0.167. The predicted molar refractivity (Wildman–Crippen MR) is 114 cm³/mol. The number of hydrogen-bond donors (Lipinski definition) is 2. The van der Waals surface area contributed by atoms with Crippen molar-refractivity contribution in [3.8, 4) is 5.75 Å². The quantitative estimate of drug-likeness (QED) is 0.636. The Labute approximate surface area is 170 Å². The number of rotatable bonds is 7. The molecule has 0 aliphatic rings. The van der Waals surface area contributed by atoms with Crippen LogP contribution in [-0.4, -0.2) is 18.4 Å². The molecule has 0 aliphatic heterocycles. The Hall–Kier alpha value is -3.60. The van der Waals surface area contributed by atoms with Crippen molar-refractivity contribution in [2.45, 2.75) is 20.5 Å². The summed E-state index contributed by atoms with van der Waals surface area (Å²) in [5.41, 5.74) is 4.23. The van der Waals surface area contributed by atoms with Gasteiger partial charge in [0.2, 0.25) is 5.91 Å². The van der Waals surface area contributed by atoms with Crippen LogP contribution in [0.15, 0.2) is 72.8 Å². The normalized spacial score (nSPS) is 10.3. The Bertz CT molecular complexity index is 980. The Morgan fingerprint density at radius 1 is 0.862 bits per heavy atom. The van der Waals surface area contributed by atoms with Crippen LogP contribution in [-0.2, 0) is 11.4 Å². The van der Waals surface area contributed by atoms with E-state index < -0.39 is 0 Å². The van der Waals surface area contributed by atoms with Crippen LogP contribution in [0.3, 0.4) is 0 Å². The molecule has 2 N–H and O–H groups in total. The van der Waals surface area contributed by atoms with Crippen molar-refractivity contribution in [2.24, 2.45) is 0 Å². The summed E-state index contributed by atoms with van der Waals surface area (Å²) in [5, 5.41) is 5.51. The van der Waals surface area contributed by atoms with Gasteiger partial charge >= 0.3 is 0 Å². The molecule has 0 saturated heterocycles. The largest absolute Gasteiger partial charge is 0.489 e. The Balaban J connectivity index is 1.54. The molecule has 0 spiro atoms. The van der Waals surface area contributed by atoms with E-state index in [1.807, 2.05) is 62.4 Å². The van der Waals surface area contributed by atoms with Crippen molar-refractivity contribution in [1.29, 1.82) is 0 Å². The molecule has 5 heteroatoms. The lowest BCUT2D eigenvalue weighted by atomic mass is 10.1. The first-order valence-corrected chi connectivity index (χ1v) is 9.44. The first-order chi connectivity index (χ1) is 14.0. The molecule has 0 radical (unpaired) electrons. The minimum absolute atomic E-state index is 0.109. The highest BCUT2D eigenvalue weighted by Gasteiger charge is 2.11. The van der Waals surface area contributed by atoms with E-state index >= 15 is 0 Å². The van der Waals surface area contributed by atoms with Crippen molar-refractivity contribution in [3.05, 3.63) is 95.1 Å². The van der Waals surface area contributed by atoms with Gasteiger partial charge in [-0.15, -0.1) is 0 Å². The molecule has 29 heavy (non-hydrogen) atoms. The summed E-state index contributed by atoms with van der Waals surface area (Å²) >= 11 is 0. The highest BCUT2D eigenvalue weighted by Crippen LogP contribution is 2.19. The number of para-hydroxylation sites is 1. The summed E-state index contributed by atoms with van der Waals surface area (Å²) in [5.74, 6) is 0.000499. The van der Waals surface area contributed by atoms with E-state index in [2.05, 4.69) is 10.6 Å². The van der Waals surface area contributed by atoms with Crippen molar-refractivity contribution in [2.75, 3.05) is 11.9 Å². The van der Waals surface area contributed by atoms with Gasteiger partial charge in [0.15, 0.2) is 0 Å². The van der Waals surface area contributed by atoms with Crippen LogP contribution in [0, 0.1) is 13.8 Å². The van der Waals surface area contributed by atoms with Crippen molar-refractivity contribution >= 4 is 17.5 Å². The monoisotopic (exact) mass is 388 g/mol. The van der Waals surface area contributed by atoms with Gasteiger partial charge < -0.3 is 15.4 Å². The fourth-order valence-corrected chi connectivity index (χ4v) is 2.93. The van der Waals surface area contributed by atoms with Gasteiger partial charge in [-0.2, -0.15) is 0 Å². The smallest absolute Gasteiger partial charge is 0.251 e. The average molecular weight is 388 g/mol. The second kappa shape index (κ2) is 9.55. The van der Waals surface area contributed by atoms with Gasteiger partial charge in [-0.1, -0.05) is 54.6 Å². The van der Waals surface area contributed by atoms with E-state index in [9.17, 15) is 9.59 Å². The van der Waals surface area contributed by atoms with Crippen LogP contribution < -0.4 is 15.4 Å². The second-order valence-electron chi connectivity index (χ2n) is 6.80. The van der Waals surface area contributed by atoms with E-state index in [0.717, 1.165) is 22.4 Å². The average Bonchev–Trinajstić information content (AvgIpc) is 2.74. The van der Waals surface area contributed by atoms with Gasteiger partial charge in [0.1, 0.15) is 12.4 Å². The third-order valence-electron chi connectivity index (χ3n) is 4.50. The lowest BCUT2D eigenvalue weighted by Gasteiger charge is -2.12. The van der Waals surface area contributed by atoms with Gasteiger partial charge in [0, 0.05) is 11.3 Å². The summed E-state index contributed by atoms with van der Waals surface area (Å²) in [4.78, 5) is 24.6. The Kier molecular flexibility index (Phi) is 6.63. The number of anilines is 1. The first kappa shape index (κ1) is 20.1. The number of carbonyl (C=O) groups is 2. The van der Waals surface area contributed by atoms with Crippen molar-refractivity contribution in [1.82, 2.24) is 5.32 Å². The Morgan fingerprint density at radius 3 is 2.28 bits per heavy atom. The molecular formula is C24H24N2O3. The third kappa shape index (κ3) is 5.69. The summed E-state index contributed by atoms with van der Waals surface area (Å²) in [6.07, 6.45) is 0. The maximum atomic E-state index is 12.4. The number of amides is 2. The maximum Gasteiger partial charge on any atom is 0.251 e. The molecule has 0 aliphatic carbocycles. The summed E-state index contributed by atoms with van der Waals surface area (Å²) in [6, 6.07) is 22.5. The minimum atomic E-state index is -0.327. The van der Waals surface area contributed by atoms with E-state index in [4.69, 9.17) is 4.74 Å². The number of ether oxygens (including phenoxy) is 1. The zero-order valence-corrected chi connectivity index (χ0v) is 16.6. The topological polar surface area (TPSA) is 67.4 Å². The fourth-order valence-electron chi connectivity index (χ4n) is 2.93. The molecule has 148 valence electrons. The maximum absolute atomic E-state index is 12.4. The van der Waals surface area contributed by atoms with Gasteiger partial charge in [0.05, 0.1) is 6.54 Å². The van der Waals surface area contributed by atoms with E-state index in [1.165, 1.54) is 0 Å². The number of benzene rings is 3. The van der Waals surface area contributed by atoms with Crippen molar-refractivity contribution < 1.29 is 14.3 Å². The highest BCUT2D eigenvalue weighted by atomic mass is 16.5. The summed E-state index contributed by atoms with van der Waals surface area (Å²) in [7, 11) is 0. The Morgan fingerprint density at radius 2 is 1.55 bits per heavy atom. The molecular weight excluding hydrogens is 364 g/mol. The van der Waals surface area contributed by atoms with Crippen LogP contribution in [0.1, 0.15) is 27.0 Å². The standard InChI is InChI=1S/C24H24N2O3/c1-17-8-6-9-18(2)23(17)26-22(27)15-25-24(28)20-12-7-13-21(14-20)29-16-19-10-4-3-5-11-19/h3-14H,15-16H2,1-2H3,(H,25,28)(H,26,27). The molecule has 0 atom stereocenters.